The van der Waals surface area contributed by atoms with Crippen molar-refractivity contribution in [2.75, 3.05) is 6.26 Å². The Labute approximate surface area is 90.8 Å². The normalized spacial score (nSPS) is 11.6. The first-order chi connectivity index (χ1) is 7.47. The van der Waals surface area contributed by atoms with Gasteiger partial charge in [0.1, 0.15) is 5.82 Å². The van der Waals surface area contributed by atoms with E-state index in [9.17, 15) is 12.8 Å². The maximum Gasteiger partial charge on any atom is 0.335 e. The van der Waals surface area contributed by atoms with Gasteiger partial charge in [-0.05, 0) is 24.3 Å². The number of hydrogen-bond donors (Lipinski definition) is 0. The Hall–Kier alpha value is -1.76. The highest BCUT2D eigenvalue weighted by molar-refractivity contribution is 7.90. The van der Waals surface area contributed by atoms with Crippen molar-refractivity contribution in [2.24, 2.45) is 0 Å². The van der Waals surface area contributed by atoms with Gasteiger partial charge in [-0.25, -0.2) is 12.8 Å². The number of hydrogen-bond acceptors (Lipinski definition) is 5. The van der Waals surface area contributed by atoms with Crippen molar-refractivity contribution < 1.29 is 17.2 Å². The monoisotopic (exact) mass is 242 g/mol. The molecule has 0 fully saturated rings. The lowest BCUT2D eigenvalue weighted by molar-refractivity contribution is 0.442. The number of benzene rings is 1. The average molecular weight is 242 g/mol. The molecule has 0 amide bonds. The molecule has 5 nitrogen and oxygen atoms in total. The molecule has 0 aliphatic rings. The van der Waals surface area contributed by atoms with E-state index < -0.39 is 20.9 Å². The smallest absolute Gasteiger partial charge is 0.335 e. The van der Waals surface area contributed by atoms with Gasteiger partial charge in [0.05, 0.1) is 0 Å². The number of sulfone groups is 1. The van der Waals surface area contributed by atoms with E-state index in [2.05, 4.69) is 10.2 Å². The summed E-state index contributed by atoms with van der Waals surface area (Å²) in [5.41, 5.74) is 0.462. The van der Waals surface area contributed by atoms with Crippen LogP contribution in [0, 0.1) is 5.82 Å². The minimum Gasteiger partial charge on any atom is -0.408 e. The molecular formula is C9H7FN2O3S. The van der Waals surface area contributed by atoms with Crippen LogP contribution in [-0.2, 0) is 9.84 Å². The number of nitrogens with zero attached hydrogens (tertiary/aromatic N) is 2. The van der Waals surface area contributed by atoms with Gasteiger partial charge in [-0.15, -0.1) is 5.10 Å². The van der Waals surface area contributed by atoms with Crippen LogP contribution in [0.2, 0.25) is 0 Å². The summed E-state index contributed by atoms with van der Waals surface area (Å²) < 4.78 is 39.7. The molecule has 7 heteroatoms. The third kappa shape index (κ3) is 2.08. The lowest BCUT2D eigenvalue weighted by Crippen LogP contribution is -1.96. The SMILES string of the molecule is CS(=O)(=O)c1nnc(-c2ccc(F)cc2)o1. The Morgan fingerprint density at radius 3 is 2.31 bits per heavy atom. The quantitative estimate of drug-likeness (QED) is 0.793. The van der Waals surface area contributed by atoms with E-state index in [4.69, 9.17) is 4.42 Å². The van der Waals surface area contributed by atoms with Crippen LogP contribution < -0.4 is 0 Å². The van der Waals surface area contributed by atoms with Crippen LogP contribution in [0.3, 0.4) is 0 Å². The summed E-state index contributed by atoms with van der Waals surface area (Å²) >= 11 is 0. The fourth-order valence-electron chi connectivity index (χ4n) is 1.07. The summed E-state index contributed by atoms with van der Waals surface area (Å²) in [5, 5.41) is 6.50. The van der Waals surface area contributed by atoms with Crippen molar-refractivity contribution >= 4 is 9.84 Å². The van der Waals surface area contributed by atoms with Gasteiger partial charge < -0.3 is 4.42 Å². The number of aromatic nitrogens is 2. The Morgan fingerprint density at radius 1 is 1.19 bits per heavy atom. The second kappa shape index (κ2) is 3.67. The molecule has 1 heterocycles. The lowest BCUT2D eigenvalue weighted by Gasteiger charge is -1.93. The molecule has 84 valence electrons. The molecule has 1 aromatic carbocycles. The summed E-state index contributed by atoms with van der Waals surface area (Å²) in [5.74, 6) is -0.355. The largest absolute Gasteiger partial charge is 0.408 e. The Bertz CT molecular complexity index is 604. The second-order valence-corrected chi connectivity index (χ2v) is 5.05. The molecule has 16 heavy (non-hydrogen) atoms. The standard InChI is InChI=1S/C9H7FN2O3S/c1-16(13,14)9-12-11-8(15-9)6-2-4-7(10)5-3-6/h2-5H,1H3. The van der Waals surface area contributed by atoms with Gasteiger partial charge in [0.15, 0.2) is 0 Å². The summed E-state index contributed by atoms with van der Waals surface area (Å²) in [6.07, 6.45) is 0.967. The van der Waals surface area contributed by atoms with Crippen molar-refractivity contribution in [1.29, 1.82) is 0 Å². The first-order valence-corrected chi connectivity index (χ1v) is 6.15. The molecule has 1 aromatic heterocycles. The summed E-state index contributed by atoms with van der Waals surface area (Å²) in [6, 6.07) is 5.29. The molecular weight excluding hydrogens is 235 g/mol. The highest BCUT2D eigenvalue weighted by Gasteiger charge is 2.17. The predicted octanol–water partition coefficient (Wildman–Crippen LogP) is 1.28. The Kier molecular flexibility index (Phi) is 2.47. The zero-order valence-electron chi connectivity index (χ0n) is 8.21. The van der Waals surface area contributed by atoms with Gasteiger partial charge in [0.2, 0.25) is 15.7 Å². The third-order valence-electron chi connectivity index (χ3n) is 1.81. The Morgan fingerprint density at radius 2 is 1.81 bits per heavy atom. The van der Waals surface area contributed by atoms with Gasteiger partial charge in [-0.3, -0.25) is 0 Å². The van der Waals surface area contributed by atoms with Crippen molar-refractivity contribution in [1.82, 2.24) is 10.2 Å². The van der Waals surface area contributed by atoms with Gasteiger partial charge in [-0.1, -0.05) is 5.10 Å². The van der Waals surface area contributed by atoms with E-state index in [1.54, 1.807) is 0 Å². The van der Waals surface area contributed by atoms with E-state index in [1.807, 2.05) is 0 Å². The molecule has 2 rings (SSSR count). The van der Waals surface area contributed by atoms with E-state index in [0.717, 1.165) is 6.26 Å². The molecule has 0 aliphatic heterocycles. The first-order valence-electron chi connectivity index (χ1n) is 4.26. The number of rotatable bonds is 2. The average Bonchev–Trinajstić information content (AvgIpc) is 2.67. The summed E-state index contributed by atoms with van der Waals surface area (Å²) in [4.78, 5) is 0. The zero-order chi connectivity index (χ0) is 11.8. The van der Waals surface area contributed by atoms with Crippen molar-refractivity contribution in [3.63, 3.8) is 0 Å². The molecule has 0 N–H and O–H groups in total. The van der Waals surface area contributed by atoms with Crippen LogP contribution in [0.15, 0.2) is 33.9 Å². The predicted molar refractivity (Wildman–Crippen MR) is 52.8 cm³/mol. The van der Waals surface area contributed by atoms with Gasteiger partial charge >= 0.3 is 5.22 Å². The molecule has 0 saturated heterocycles. The van der Waals surface area contributed by atoms with Crippen LogP contribution in [0.5, 0.6) is 0 Å². The minimum absolute atomic E-state index is 0.0421. The van der Waals surface area contributed by atoms with E-state index >= 15 is 0 Å². The maximum absolute atomic E-state index is 12.6. The van der Waals surface area contributed by atoms with Crippen LogP contribution in [0.4, 0.5) is 4.39 Å². The van der Waals surface area contributed by atoms with Crippen LogP contribution >= 0.6 is 0 Å². The van der Waals surface area contributed by atoms with Gasteiger partial charge in [-0.2, -0.15) is 0 Å². The van der Waals surface area contributed by atoms with Crippen LogP contribution in [-0.4, -0.2) is 24.9 Å². The third-order valence-corrected chi connectivity index (χ3v) is 2.61. The van der Waals surface area contributed by atoms with E-state index in [-0.39, 0.29) is 5.89 Å². The van der Waals surface area contributed by atoms with Gasteiger partial charge in [0, 0.05) is 11.8 Å². The number of halogens is 1. The van der Waals surface area contributed by atoms with Crippen LogP contribution in [0.1, 0.15) is 0 Å². The summed E-state index contributed by atoms with van der Waals surface area (Å²) in [7, 11) is -3.51. The topological polar surface area (TPSA) is 73.1 Å². The zero-order valence-corrected chi connectivity index (χ0v) is 9.03. The minimum atomic E-state index is -3.51. The van der Waals surface area contributed by atoms with Crippen molar-refractivity contribution in [3.8, 4) is 11.5 Å². The molecule has 0 bridgehead atoms. The highest BCUT2D eigenvalue weighted by Crippen LogP contribution is 2.19. The molecule has 0 atom stereocenters. The molecule has 2 aromatic rings. The second-order valence-electron chi connectivity index (χ2n) is 3.15. The molecule has 0 saturated carbocycles. The molecule has 0 unspecified atom stereocenters. The van der Waals surface area contributed by atoms with Crippen molar-refractivity contribution in [2.45, 2.75) is 5.22 Å². The fraction of sp³-hybridized carbons (Fsp3) is 0.111. The Balaban J connectivity index is 2.43. The first kappa shape index (κ1) is 10.7. The molecule has 0 radical (unpaired) electrons. The fourth-order valence-corrected chi connectivity index (χ4v) is 1.49. The highest BCUT2D eigenvalue weighted by atomic mass is 32.2. The van der Waals surface area contributed by atoms with E-state index in [0.29, 0.717) is 5.56 Å². The van der Waals surface area contributed by atoms with Crippen molar-refractivity contribution in [3.05, 3.63) is 30.1 Å². The maximum atomic E-state index is 12.6. The van der Waals surface area contributed by atoms with Crippen LogP contribution in [0.25, 0.3) is 11.5 Å². The van der Waals surface area contributed by atoms with Gasteiger partial charge in [0.25, 0.3) is 0 Å². The lowest BCUT2D eigenvalue weighted by atomic mass is 10.2. The molecule has 0 spiro atoms. The van der Waals surface area contributed by atoms with E-state index in [1.165, 1.54) is 24.3 Å². The summed E-state index contributed by atoms with van der Waals surface area (Å²) in [6.45, 7) is 0. The molecule has 0 aliphatic carbocycles.